The second-order valence-corrected chi connectivity index (χ2v) is 7.17. The van der Waals surface area contributed by atoms with E-state index in [4.69, 9.17) is 0 Å². The largest absolute Gasteiger partial charge is 0.314 e. The molecular formula is C11H21NO2S. The summed E-state index contributed by atoms with van der Waals surface area (Å²) in [7, 11) is -2.72. The minimum Gasteiger partial charge on any atom is -0.314 e. The van der Waals surface area contributed by atoms with Crippen LogP contribution in [-0.2, 0) is 9.84 Å². The van der Waals surface area contributed by atoms with E-state index < -0.39 is 9.84 Å². The summed E-state index contributed by atoms with van der Waals surface area (Å²) in [5.74, 6) is 1.94. The Labute approximate surface area is 92.6 Å². The van der Waals surface area contributed by atoms with Crippen LogP contribution in [0.25, 0.3) is 0 Å². The van der Waals surface area contributed by atoms with E-state index in [1.807, 2.05) is 0 Å². The first-order valence-electron chi connectivity index (χ1n) is 6.06. The van der Waals surface area contributed by atoms with Crippen LogP contribution in [0, 0.1) is 11.8 Å². The third-order valence-corrected chi connectivity index (χ3v) is 5.67. The minimum atomic E-state index is -2.72. The summed E-state index contributed by atoms with van der Waals surface area (Å²) in [5.41, 5.74) is 0. The summed E-state index contributed by atoms with van der Waals surface area (Å²) in [6.07, 6.45) is 4.77. The first kappa shape index (κ1) is 11.4. The van der Waals surface area contributed by atoms with Crippen LogP contribution in [0.4, 0.5) is 0 Å². The predicted molar refractivity (Wildman–Crippen MR) is 61.6 cm³/mol. The van der Waals surface area contributed by atoms with Crippen LogP contribution in [-0.4, -0.2) is 32.5 Å². The Balaban J connectivity index is 1.98. The van der Waals surface area contributed by atoms with Crippen LogP contribution < -0.4 is 5.32 Å². The topological polar surface area (TPSA) is 46.2 Å². The summed E-state index contributed by atoms with van der Waals surface area (Å²) in [5, 5.41) is 3.50. The molecule has 0 spiro atoms. The fourth-order valence-electron chi connectivity index (χ4n) is 2.86. The average Bonchev–Trinajstić information content (AvgIpc) is 2.42. The molecule has 2 aliphatic rings. The first-order chi connectivity index (χ1) is 7.12. The maximum Gasteiger partial charge on any atom is 0.150 e. The van der Waals surface area contributed by atoms with Gasteiger partial charge in [-0.3, -0.25) is 0 Å². The lowest BCUT2D eigenvalue weighted by atomic mass is 9.75. The third-order valence-electron chi connectivity index (χ3n) is 3.87. The molecule has 1 saturated heterocycles. The second-order valence-electron chi connectivity index (χ2n) is 4.94. The average molecular weight is 231 g/mol. The monoisotopic (exact) mass is 231 g/mol. The van der Waals surface area contributed by atoms with Gasteiger partial charge < -0.3 is 5.32 Å². The number of nitrogens with one attached hydrogen (secondary N) is 1. The van der Waals surface area contributed by atoms with Gasteiger partial charge in [0.1, 0.15) is 0 Å². The molecule has 0 aromatic heterocycles. The lowest BCUT2D eigenvalue weighted by molar-refractivity contribution is 0.185. The van der Waals surface area contributed by atoms with Crippen molar-refractivity contribution in [3.05, 3.63) is 0 Å². The van der Waals surface area contributed by atoms with Crippen LogP contribution in [0.5, 0.6) is 0 Å². The molecule has 0 amide bonds. The molecule has 0 bridgehead atoms. The molecule has 1 saturated carbocycles. The molecule has 15 heavy (non-hydrogen) atoms. The Hall–Kier alpha value is -0.0900. The molecular weight excluding hydrogens is 210 g/mol. The van der Waals surface area contributed by atoms with Crippen molar-refractivity contribution in [3.63, 3.8) is 0 Å². The van der Waals surface area contributed by atoms with Crippen molar-refractivity contribution < 1.29 is 8.42 Å². The highest BCUT2D eigenvalue weighted by molar-refractivity contribution is 7.91. The highest BCUT2D eigenvalue weighted by Crippen LogP contribution is 2.36. The van der Waals surface area contributed by atoms with Gasteiger partial charge in [0, 0.05) is 6.04 Å². The first-order valence-corrected chi connectivity index (χ1v) is 7.88. The molecule has 0 radical (unpaired) electrons. The summed E-state index contributed by atoms with van der Waals surface area (Å²) >= 11 is 0. The van der Waals surface area contributed by atoms with Crippen molar-refractivity contribution in [2.45, 2.75) is 38.6 Å². The molecule has 2 atom stereocenters. The normalized spacial score (nSPS) is 32.5. The molecule has 1 aliphatic heterocycles. The van der Waals surface area contributed by atoms with Gasteiger partial charge in [0.05, 0.1) is 11.5 Å². The van der Waals surface area contributed by atoms with Gasteiger partial charge in [-0.05, 0) is 37.6 Å². The fourth-order valence-corrected chi connectivity index (χ4v) is 4.71. The molecule has 4 heteroatoms. The van der Waals surface area contributed by atoms with Crippen molar-refractivity contribution in [2.24, 2.45) is 11.8 Å². The Morgan fingerprint density at radius 2 is 2.00 bits per heavy atom. The van der Waals surface area contributed by atoms with Gasteiger partial charge in [-0.15, -0.1) is 0 Å². The molecule has 1 heterocycles. The van der Waals surface area contributed by atoms with Crippen molar-refractivity contribution in [3.8, 4) is 0 Å². The molecule has 1 aliphatic carbocycles. The summed E-state index contributed by atoms with van der Waals surface area (Å²) in [6, 6.07) is 0.459. The van der Waals surface area contributed by atoms with Crippen molar-refractivity contribution in [1.82, 2.24) is 5.32 Å². The zero-order valence-electron chi connectivity index (χ0n) is 9.41. The quantitative estimate of drug-likeness (QED) is 0.791. The predicted octanol–water partition coefficient (Wildman–Crippen LogP) is 1.20. The zero-order chi connectivity index (χ0) is 10.9. The van der Waals surface area contributed by atoms with Crippen LogP contribution >= 0.6 is 0 Å². The van der Waals surface area contributed by atoms with Gasteiger partial charge in [0.25, 0.3) is 0 Å². The molecule has 0 aromatic rings. The summed E-state index contributed by atoms with van der Waals surface area (Å²) < 4.78 is 22.9. The molecule has 2 fully saturated rings. The molecule has 1 N–H and O–H groups in total. The fraction of sp³-hybridized carbons (Fsp3) is 1.00. The van der Waals surface area contributed by atoms with Gasteiger partial charge in [0.15, 0.2) is 9.84 Å². The Morgan fingerprint density at radius 1 is 1.27 bits per heavy atom. The standard InChI is InChI=1S/C11H21NO2S/c1-2-12-11(9-4-3-5-9)10-6-7-15(13,14)8-10/h9-12H,2-8H2,1H3. The second kappa shape index (κ2) is 4.42. The molecule has 2 rings (SSSR count). The van der Waals surface area contributed by atoms with E-state index in [9.17, 15) is 8.42 Å². The Kier molecular flexibility index (Phi) is 3.36. The lowest BCUT2D eigenvalue weighted by Crippen LogP contribution is -2.45. The van der Waals surface area contributed by atoms with E-state index >= 15 is 0 Å². The maximum atomic E-state index is 11.5. The lowest BCUT2D eigenvalue weighted by Gasteiger charge is -2.37. The maximum absolute atomic E-state index is 11.5. The smallest absolute Gasteiger partial charge is 0.150 e. The number of hydrogen-bond donors (Lipinski definition) is 1. The van der Waals surface area contributed by atoms with Gasteiger partial charge in [-0.25, -0.2) is 8.42 Å². The van der Waals surface area contributed by atoms with Crippen molar-refractivity contribution >= 4 is 9.84 Å². The SMILES string of the molecule is CCNC(C1CCC1)C1CCS(=O)(=O)C1. The van der Waals surface area contributed by atoms with Gasteiger partial charge in [0.2, 0.25) is 0 Å². The van der Waals surface area contributed by atoms with E-state index in [0.29, 0.717) is 23.5 Å². The molecule has 3 nitrogen and oxygen atoms in total. The summed E-state index contributed by atoms with van der Waals surface area (Å²) in [6.45, 7) is 3.06. The Morgan fingerprint density at radius 3 is 2.40 bits per heavy atom. The molecule has 2 unspecified atom stereocenters. The number of sulfone groups is 1. The van der Waals surface area contributed by atoms with Crippen LogP contribution in [0.3, 0.4) is 0 Å². The zero-order valence-corrected chi connectivity index (χ0v) is 10.2. The van der Waals surface area contributed by atoms with Crippen LogP contribution in [0.1, 0.15) is 32.6 Å². The highest BCUT2D eigenvalue weighted by Gasteiger charge is 2.38. The van der Waals surface area contributed by atoms with Gasteiger partial charge >= 0.3 is 0 Å². The third kappa shape index (κ3) is 2.53. The van der Waals surface area contributed by atoms with E-state index in [0.717, 1.165) is 18.9 Å². The van der Waals surface area contributed by atoms with Crippen LogP contribution in [0.15, 0.2) is 0 Å². The van der Waals surface area contributed by atoms with Crippen molar-refractivity contribution in [2.75, 3.05) is 18.1 Å². The van der Waals surface area contributed by atoms with Gasteiger partial charge in [-0.2, -0.15) is 0 Å². The van der Waals surface area contributed by atoms with E-state index in [1.54, 1.807) is 0 Å². The Bertz CT molecular complexity index is 309. The van der Waals surface area contributed by atoms with Gasteiger partial charge in [-0.1, -0.05) is 13.3 Å². The summed E-state index contributed by atoms with van der Waals surface area (Å²) in [4.78, 5) is 0. The number of hydrogen-bond acceptors (Lipinski definition) is 3. The van der Waals surface area contributed by atoms with E-state index in [-0.39, 0.29) is 0 Å². The molecule has 0 aromatic carbocycles. The van der Waals surface area contributed by atoms with Crippen molar-refractivity contribution in [1.29, 1.82) is 0 Å². The molecule has 88 valence electrons. The van der Waals surface area contributed by atoms with E-state index in [2.05, 4.69) is 12.2 Å². The van der Waals surface area contributed by atoms with Crippen LogP contribution in [0.2, 0.25) is 0 Å². The van der Waals surface area contributed by atoms with E-state index in [1.165, 1.54) is 19.3 Å². The highest BCUT2D eigenvalue weighted by atomic mass is 32.2. The minimum absolute atomic E-state index is 0.375. The number of rotatable bonds is 4.